The fraction of sp³-hybridized carbons (Fsp3) is 0.370. The van der Waals surface area contributed by atoms with E-state index in [-0.39, 0.29) is 23.8 Å². The van der Waals surface area contributed by atoms with E-state index in [1.165, 1.54) is 16.8 Å². The molecule has 2 heterocycles. The molecule has 0 bridgehead atoms. The first-order valence-electron chi connectivity index (χ1n) is 12.1. The Hall–Kier alpha value is -3.52. The molecule has 0 unspecified atom stereocenters. The van der Waals surface area contributed by atoms with E-state index >= 15 is 0 Å². The van der Waals surface area contributed by atoms with Gasteiger partial charge in [0.1, 0.15) is 17.9 Å². The molecule has 8 heteroatoms. The van der Waals surface area contributed by atoms with Crippen molar-refractivity contribution in [3.63, 3.8) is 0 Å². The van der Waals surface area contributed by atoms with Crippen LogP contribution in [0.1, 0.15) is 31.7 Å². The van der Waals surface area contributed by atoms with Gasteiger partial charge in [0.25, 0.3) is 5.56 Å². The number of rotatable bonds is 11. The molecule has 4 rings (SSSR count). The van der Waals surface area contributed by atoms with E-state index in [0.717, 1.165) is 54.2 Å². The van der Waals surface area contributed by atoms with E-state index in [1.807, 2.05) is 28.8 Å². The van der Waals surface area contributed by atoms with Crippen LogP contribution in [0.3, 0.4) is 0 Å². The van der Waals surface area contributed by atoms with Crippen molar-refractivity contribution in [2.45, 2.75) is 39.3 Å². The number of hydrogen-bond acceptors (Lipinski definition) is 4. The Bertz CT molecular complexity index is 1360. The number of unbranched alkanes of at least 4 members (excludes halogenated alkanes) is 1. The molecule has 0 fully saturated rings. The Morgan fingerprint density at radius 1 is 1.06 bits per heavy atom. The summed E-state index contributed by atoms with van der Waals surface area (Å²) in [5, 5.41) is 8.84. The van der Waals surface area contributed by atoms with Crippen LogP contribution in [0.15, 0.2) is 59.5 Å². The van der Waals surface area contributed by atoms with Crippen molar-refractivity contribution in [3.8, 4) is 0 Å². The van der Waals surface area contributed by atoms with Crippen molar-refractivity contribution in [1.82, 2.24) is 24.6 Å². The van der Waals surface area contributed by atoms with Crippen LogP contribution in [0.5, 0.6) is 0 Å². The minimum Gasteiger partial charge on any atom is -0.354 e. The third kappa shape index (κ3) is 5.77. The van der Waals surface area contributed by atoms with Crippen LogP contribution in [0.2, 0.25) is 0 Å². The molecule has 4 aromatic rings. The summed E-state index contributed by atoms with van der Waals surface area (Å²) in [5.41, 5.74) is 1.92. The summed E-state index contributed by atoms with van der Waals surface area (Å²) in [4.78, 5) is 28.2. The summed E-state index contributed by atoms with van der Waals surface area (Å²) >= 11 is 0. The normalized spacial score (nSPS) is 11.5. The maximum Gasteiger partial charge on any atom is 0.291 e. The van der Waals surface area contributed by atoms with Gasteiger partial charge in [0.2, 0.25) is 5.91 Å². The molecule has 0 aliphatic carbocycles. The lowest BCUT2D eigenvalue weighted by Gasteiger charge is -2.16. The van der Waals surface area contributed by atoms with Gasteiger partial charge in [-0.25, -0.2) is 9.07 Å². The molecule has 0 saturated carbocycles. The molecule has 7 nitrogen and oxygen atoms in total. The zero-order valence-corrected chi connectivity index (χ0v) is 20.3. The van der Waals surface area contributed by atoms with Crippen LogP contribution in [0.4, 0.5) is 4.39 Å². The fourth-order valence-electron chi connectivity index (χ4n) is 4.35. The summed E-state index contributed by atoms with van der Waals surface area (Å²) < 4.78 is 16.5. The van der Waals surface area contributed by atoms with E-state index in [2.05, 4.69) is 29.3 Å². The van der Waals surface area contributed by atoms with Crippen molar-refractivity contribution in [2.24, 2.45) is 0 Å². The Morgan fingerprint density at radius 3 is 2.57 bits per heavy atom. The molecular formula is C27H32FN5O2. The lowest BCUT2D eigenvalue weighted by molar-refractivity contribution is -0.121. The molecule has 184 valence electrons. The minimum absolute atomic E-state index is 0.140. The molecule has 0 aliphatic rings. The van der Waals surface area contributed by atoms with Crippen molar-refractivity contribution in [1.29, 1.82) is 0 Å². The van der Waals surface area contributed by atoms with Gasteiger partial charge in [0, 0.05) is 29.4 Å². The van der Waals surface area contributed by atoms with Gasteiger partial charge in [-0.2, -0.15) is 5.10 Å². The highest BCUT2D eigenvalue weighted by Gasteiger charge is 2.17. The van der Waals surface area contributed by atoms with Crippen LogP contribution in [-0.2, 0) is 17.9 Å². The summed E-state index contributed by atoms with van der Waals surface area (Å²) in [6.45, 7) is 4.95. The molecule has 1 N–H and O–H groups in total. The first-order valence-corrected chi connectivity index (χ1v) is 12.1. The highest BCUT2D eigenvalue weighted by atomic mass is 19.1. The quantitative estimate of drug-likeness (QED) is 0.334. The van der Waals surface area contributed by atoms with Crippen LogP contribution in [0.25, 0.3) is 21.8 Å². The van der Waals surface area contributed by atoms with Gasteiger partial charge in [0.05, 0.1) is 6.20 Å². The van der Waals surface area contributed by atoms with E-state index in [1.54, 1.807) is 18.3 Å². The van der Waals surface area contributed by atoms with Crippen molar-refractivity contribution >= 4 is 27.7 Å². The summed E-state index contributed by atoms with van der Waals surface area (Å²) in [6, 6.07) is 14.0. The Kier molecular flexibility index (Phi) is 7.92. The lowest BCUT2D eigenvalue weighted by atomic mass is 10.2. The van der Waals surface area contributed by atoms with Gasteiger partial charge in [-0.1, -0.05) is 43.7 Å². The highest BCUT2D eigenvalue weighted by molar-refractivity contribution is 6.07. The van der Waals surface area contributed by atoms with Gasteiger partial charge in [-0.15, -0.1) is 0 Å². The van der Waals surface area contributed by atoms with Gasteiger partial charge in [-0.3, -0.25) is 9.59 Å². The van der Waals surface area contributed by atoms with Crippen LogP contribution in [-0.4, -0.2) is 51.8 Å². The average Bonchev–Trinajstić information content (AvgIpc) is 3.18. The first-order chi connectivity index (χ1) is 17.0. The third-order valence-corrected chi connectivity index (χ3v) is 6.25. The highest BCUT2D eigenvalue weighted by Crippen LogP contribution is 2.27. The standard InChI is InChI=1S/C27H32FN5O2/c1-3-4-15-31(2)16-7-14-29-25(34)19-33-27(35)26-23(17-30-33)22-8-5-6-9-24(22)32(26)18-20-10-12-21(28)13-11-20/h5-6,8-13,17H,3-4,7,14-16,18-19H2,1-2H3,(H,29,34). The molecule has 0 atom stereocenters. The molecule has 0 radical (unpaired) electrons. The van der Waals surface area contributed by atoms with Crippen molar-refractivity contribution in [2.75, 3.05) is 26.7 Å². The van der Waals surface area contributed by atoms with Crippen molar-refractivity contribution < 1.29 is 9.18 Å². The fourth-order valence-corrected chi connectivity index (χ4v) is 4.35. The van der Waals surface area contributed by atoms with Gasteiger partial charge >= 0.3 is 0 Å². The molecule has 0 aliphatic heterocycles. The number of nitrogens with one attached hydrogen (secondary N) is 1. The number of carbonyl (C=O) groups is 1. The molecule has 0 saturated heterocycles. The number of nitrogens with zero attached hydrogens (tertiary/aromatic N) is 4. The molecule has 35 heavy (non-hydrogen) atoms. The van der Waals surface area contributed by atoms with E-state index in [0.29, 0.717) is 18.6 Å². The second-order valence-corrected chi connectivity index (χ2v) is 8.96. The molecule has 1 amide bonds. The smallest absolute Gasteiger partial charge is 0.291 e. The average molecular weight is 478 g/mol. The van der Waals surface area contributed by atoms with Gasteiger partial charge < -0.3 is 14.8 Å². The number of fused-ring (bicyclic) bond motifs is 3. The van der Waals surface area contributed by atoms with E-state index in [4.69, 9.17) is 0 Å². The van der Waals surface area contributed by atoms with Crippen molar-refractivity contribution in [3.05, 3.63) is 76.5 Å². The maximum atomic E-state index is 13.5. The second kappa shape index (κ2) is 11.3. The minimum atomic E-state index is -0.324. The summed E-state index contributed by atoms with van der Waals surface area (Å²) in [7, 11) is 2.08. The Labute approximate surface area is 204 Å². The number of halogens is 1. The maximum absolute atomic E-state index is 13.5. The third-order valence-electron chi connectivity index (χ3n) is 6.25. The Morgan fingerprint density at radius 2 is 1.80 bits per heavy atom. The monoisotopic (exact) mass is 477 g/mol. The van der Waals surface area contributed by atoms with Crippen LogP contribution >= 0.6 is 0 Å². The van der Waals surface area contributed by atoms with Gasteiger partial charge in [0.15, 0.2) is 0 Å². The predicted molar refractivity (Wildman–Crippen MR) is 137 cm³/mol. The number of hydrogen-bond donors (Lipinski definition) is 1. The largest absolute Gasteiger partial charge is 0.354 e. The van der Waals surface area contributed by atoms with E-state index in [9.17, 15) is 14.0 Å². The summed E-state index contributed by atoms with van der Waals surface area (Å²) in [5.74, 6) is -0.544. The zero-order valence-electron chi connectivity index (χ0n) is 20.3. The number of benzene rings is 2. The van der Waals surface area contributed by atoms with Crippen LogP contribution in [0, 0.1) is 5.82 Å². The number of amides is 1. The number of carbonyl (C=O) groups excluding carboxylic acids is 1. The number of para-hydroxylation sites is 1. The predicted octanol–water partition coefficient (Wildman–Crippen LogP) is 3.78. The van der Waals surface area contributed by atoms with Gasteiger partial charge in [-0.05, 0) is 56.7 Å². The number of aromatic nitrogens is 3. The first kappa shape index (κ1) is 24.6. The zero-order chi connectivity index (χ0) is 24.8. The molecule has 0 spiro atoms. The SMILES string of the molecule is CCCCN(C)CCCNC(=O)Cn1ncc2c3ccccc3n(Cc3ccc(F)cc3)c2c1=O. The topological polar surface area (TPSA) is 72.2 Å². The van der Waals surface area contributed by atoms with Crippen LogP contribution < -0.4 is 10.9 Å². The lowest BCUT2D eigenvalue weighted by Crippen LogP contribution is -2.35. The summed E-state index contributed by atoms with van der Waals surface area (Å²) in [6.07, 6.45) is 4.82. The Balaban J connectivity index is 1.54. The second-order valence-electron chi connectivity index (χ2n) is 8.96. The molecule has 2 aromatic heterocycles. The molecular weight excluding hydrogens is 445 g/mol. The molecule has 2 aromatic carbocycles. The van der Waals surface area contributed by atoms with E-state index < -0.39 is 0 Å².